The van der Waals surface area contributed by atoms with E-state index in [4.69, 9.17) is 4.74 Å². The molecule has 1 aliphatic carbocycles. The van der Waals surface area contributed by atoms with E-state index in [0.29, 0.717) is 12.1 Å². The first kappa shape index (κ1) is 16.0. The Hall–Kier alpha value is -0.0800. The molecule has 1 N–H and O–H groups in total. The highest BCUT2D eigenvalue weighted by Crippen LogP contribution is 2.25. The van der Waals surface area contributed by atoms with E-state index < -0.39 is 0 Å². The summed E-state index contributed by atoms with van der Waals surface area (Å²) in [5.41, 5.74) is 0. The normalized spacial score (nSPS) is 26.2. The summed E-state index contributed by atoms with van der Waals surface area (Å²) in [4.78, 5) is 0. The molecule has 0 amide bonds. The lowest BCUT2D eigenvalue weighted by Gasteiger charge is -2.26. The topological polar surface area (TPSA) is 21.3 Å². The second-order valence-electron chi connectivity index (χ2n) is 6.10. The fourth-order valence-electron chi connectivity index (χ4n) is 2.73. The van der Waals surface area contributed by atoms with Crippen LogP contribution in [0.2, 0.25) is 0 Å². The van der Waals surface area contributed by atoms with Crippen molar-refractivity contribution in [3.05, 3.63) is 0 Å². The van der Waals surface area contributed by atoms with E-state index in [1.807, 2.05) is 0 Å². The molecule has 1 unspecified atom stereocenters. The Bertz CT molecular complexity index is 188. The summed E-state index contributed by atoms with van der Waals surface area (Å²) in [5, 5.41) is 3.56. The van der Waals surface area contributed by atoms with Crippen molar-refractivity contribution in [3.8, 4) is 0 Å². The molecule has 1 saturated carbocycles. The maximum atomic E-state index is 5.94. The first-order valence-corrected chi connectivity index (χ1v) is 8.07. The van der Waals surface area contributed by atoms with Crippen LogP contribution in [0.25, 0.3) is 0 Å². The third-order valence-electron chi connectivity index (χ3n) is 4.15. The molecule has 1 rings (SSSR count). The minimum absolute atomic E-state index is 0.540. The molecule has 18 heavy (non-hydrogen) atoms. The van der Waals surface area contributed by atoms with Crippen LogP contribution in [-0.4, -0.2) is 25.3 Å². The average molecular weight is 255 g/mol. The molecule has 0 bridgehead atoms. The lowest BCUT2D eigenvalue weighted by molar-refractivity contribution is 0.0208. The Balaban J connectivity index is 1.91. The van der Waals surface area contributed by atoms with Crippen LogP contribution in [0.4, 0.5) is 0 Å². The van der Waals surface area contributed by atoms with Gasteiger partial charge < -0.3 is 10.1 Å². The van der Waals surface area contributed by atoms with Gasteiger partial charge in [-0.15, -0.1) is 0 Å². The SMILES string of the molecule is CCCCCC(C)NCCOC1CCC(C)CC1. The van der Waals surface area contributed by atoms with Gasteiger partial charge in [-0.1, -0.05) is 33.1 Å². The molecule has 108 valence electrons. The smallest absolute Gasteiger partial charge is 0.0594 e. The zero-order valence-corrected chi connectivity index (χ0v) is 12.7. The molecule has 0 aromatic carbocycles. The molecule has 0 aliphatic heterocycles. The third-order valence-corrected chi connectivity index (χ3v) is 4.15. The largest absolute Gasteiger partial charge is 0.377 e. The van der Waals surface area contributed by atoms with Crippen molar-refractivity contribution in [3.63, 3.8) is 0 Å². The Labute approximate surface area is 114 Å². The summed E-state index contributed by atoms with van der Waals surface area (Å²) >= 11 is 0. The molecule has 1 aliphatic rings. The molecule has 1 fully saturated rings. The van der Waals surface area contributed by atoms with Crippen molar-refractivity contribution in [2.45, 2.75) is 84.3 Å². The number of rotatable bonds is 9. The van der Waals surface area contributed by atoms with Crippen LogP contribution in [0, 0.1) is 5.92 Å². The number of hydrogen-bond donors (Lipinski definition) is 1. The van der Waals surface area contributed by atoms with Crippen molar-refractivity contribution < 1.29 is 4.74 Å². The van der Waals surface area contributed by atoms with Gasteiger partial charge in [0, 0.05) is 12.6 Å². The van der Waals surface area contributed by atoms with E-state index in [1.165, 1.54) is 51.4 Å². The first-order valence-electron chi connectivity index (χ1n) is 8.07. The maximum Gasteiger partial charge on any atom is 0.0594 e. The highest BCUT2D eigenvalue weighted by Gasteiger charge is 2.18. The molecule has 2 heteroatoms. The van der Waals surface area contributed by atoms with Crippen molar-refractivity contribution in [2.24, 2.45) is 5.92 Å². The van der Waals surface area contributed by atoms with Crippen LogP contribution in [0.15, 0.2) is 0 Å². The van der Waals surface area contributed by atoms with Gasteiger partial charge in [-0.2, -0.15) is 0 Å². The van der Waals surface area contributed by atoms with Crippen LogP contribution in [0.1, 0.15) is 72.1 Å². The van der Waals surface area contributed by atoms with Gasteiger partial charge in [0.15, 0.2) is 0 Å². The zero-order chi connectivity index (χ0) is 13.2. The molecule has 0 aromatic heterocycles. The number of nitrogens with one attached hydrogen (secondary N) is 1. The number of unbranched alkanes of at least 4 members (excludes halogenated alkanes) is 2. The fourth-order valence-corrected chi connectivity index (χ4v) is 2.73. The quantitative estimate of drug-likeness (QED) is 0.625. The predicted octanol–water partition coefficient (Wildman–Crippen LogP) is 4.14. The van der Waals surface area contributed by atoms with E-state index in [-0.39, 0.29) is 0 Å². The van der Waals surface area contributed by atoms with Gasteiger partial charge in [-0.05, 0) is 44.9 Å². The number of hydrogen-bond acceptors (Lipinski definition) is 2. The predicted molar refractivity (Wildman–Crippen MR) is 79.0 cm³/mol. The molecule has 0 aromatic rings. The average Bonchev–Trinajstić information content (AvgIpc) is 2.37. The van der Waals surface area contributed by atoms with Crippen LogP contribution < -0.4 is 5.32 Å². The standard InChI is InChI=1S/C16H33NO/c1-4-5-6-7-15(3)17-12-13-18-16-10-8-14(2)9-11-16/h14-17H,4-13H2,1-3H3. The zero-order valence-electron chi connectivity index (χ0n) is 12.7. The minimum atomic E-state index is 0.540. The van der Waals surface area contributed by atoms with Crippen LogP contribution >= 0.6 is 0 Å². The van der Waals surface area contributed by atoms with Crippen LogP contribution in [0.3, 0.4) is 0 Å². The fraction of sp³-hybridized carbons (Fsp3) is 1.00. The van der Waals surface area contributed by atoms with Crippen molar-refractivity contribution >= 4 is 0 Å². The summed E-state index contributed by atoms with van der Waals surface area (Å²) in [6.07, 6.45) is 11.1. The van der Waals surface area contributed by atoms with Gasteiger partial charge in [-0.3, -0.25) is 0 Å². The summed E-state index contributed by atoms with van der Waals surface area (Å²) < 4.78 is 5.94. The van der Waals surface area contributed by atoms with Gasteiger partial charge in [0.2, 0.25) is 0 Å². The summed E-state index contributed by atoms with van der Waals surface area (Å²) in [6, 6.07) is 0.645. The second kappa shape index (κ2) is 9.80. The Kier molecular flexibility index (Phi) is 8.70. The number of ether oxygens (including phenoxy) is 1. The lowest BCUT2D eigenvalue weighted by Crippen LogP contribution is -2.31. The van der Waals surface area contributed by atoms with E-state index in [0.717, 1.165) is 19.1 Å². The van der Waals surface area contributed by atoms with Gasteiger partial charge >= 0.3 is 0 Å². The Morgan fingerprint density at radius 1 is 1.17 bits per heavy atom. The Morgan fingerprint density at radius 3 is 2.56 bits per heavy atom. The Morgan fingerprint density at radius 2 is 1.89 bits per heavy atom. The van der Waals surface area contributed by atoms with Crippen molar-refractivity contribution in [1.82, 2.24) is 5.32 Å². The van der Waals surface area contributed by atoms with Crippen molar-refractivity contribution in [2.75, 3.05) is 13.2 Å². The summed E-state index contributed by atoms with van der Waals surface area (Å²) in [6.45, 7) is 8.81. The molecule has 1 atom stereocenters. The van der Waals surface area contributed by atoms with E-state index in [9.17, 15) is 0 Å². The lowest BCUT2D eigenvalue weighted by atomic mass is 9.89. The molecule has 0 radical (unpaired) electrons. The highest BCUT2D eigenvalue weighted by molar-refractivity contribution is 4.70. The van der Waals surface area contributed by atoms with Gasteiger partial charge in [0.1, 0.15) is 0 Å². The van der Waals surface area contributed by atoms with E-state index in [2.05, 4.69) is 26.1 Å². The molecule has 0 heterocycles. The second-order valence-corrected chi connectivity index (χ2v) is 6.10. The summed E-state index contributed by atoms with van der Waals surface area (Å²) in [5.74, 6) is 0.918. The molecular weight excluding hydrogens is 222 g/mol. The molecule has 2 nitrogen and oxygen atoms in total. The monoisotopic (exact) mass is 255 g/mol. The highest BCUT2D eigenvalue weighted by atomic mass is 16.5. The van der Waals surface area contributed by atoms with Crippen LogP contribution in [-0.2, 0) is 4.74 Å². The van der Waals surface area contributed by atoms with Gasteiger partial charge in [0.25, 0.3) is 0 Å². The summed E-state index contributed by atoms with van der Waals surface area (Å²) in [7, 11) is 0. The van der Waals surface area contributed by atoms with Gasteiger partial charge in [-0.25, -0.2) is 0 Å². The molecule has 0 spiro atoms. The maximum absolute atomic E-state index is 5.94. The molecule has 0 saturated heterocycles. The molecular formula is C16H33NO. The third kappa shape index (κ3) is 7.38. The van der Waals surface area contributed by atoms with E-state index in [1.54, 1.807) is 0 Å². The minimum Gasteiger partial charge on any atom is -0.377 e. The van der Waals surface area contributed by atoms with E-state index >= 15 is 0 Å². The first-order chi connectivity index (χ1) is 8.72. The van der Waals surface area contributed by atoms with Crippen molar-refractivity contribution in [1.29, 1.82) is 0 Å². The van der Waals surface area contributed by atoms with Crippen LogP contribution in [0.5, 0.6) is 0 Å². The van der Waals surface area contributed by atoms with Gasteiger partial charge in [0.05, 0.1) is 12.7 Å².